The van der Waals surface area contributed by atoms with Crippen molar-refractivity contribution in [3.63, 3.8) is 0 Å². The van der Waals surface area contributed by atoms with Crippen LogP contribution in [0.2, 0.25) is 0 Å². The number of hydrogen-bond donors (Lipinski definition) is 0. The molecule has 0 bridgehead atoms. The molecule has 2 aliphatic rings. The zero-order valence-corrected chi connectivity index (χ0v) is 18.1. The number of ether oxygens (including phenoxy) is 2. The third kappa shape index (κ3) is 4.03. The molecule has 7 heteroatoms. The van der Waals surface area contributed by atoms with Crippen molar-refractivity contribution in [3.05, 3.63) is 42.1 Å². The Balaban J connectivity index is 1.36. The first-order valence-electron chi connectivity index (χ1n) is 10.9. The maximum atomic E-state index is 13.1. The van der Waals surface area contributed by atoms with Gasteiger partial charge in [-0.05, 0) is 37.7 Å². The first-order valence-corrected chi connectivity index (χ1v) is 10.9. The van der Waals surface area contributed by atoms with Crippen LogP contribution in [0.3, 0.4) is 0 Å². The van der Waals surface area contributed by atoms with Gasteiger partial charge in [-0.3, -0.25) is 14.7 Å². The highest BCUT2D eigenvalue weighted by molar-refractivity contribution is 6.08. The Bertz CT molecular complexity index is 1120. The summed E-state index contributed by atoms with van der Waals surface area (Å²) in [7, 11) is 4.18. The van der Waals surface area contributed by atoms with Gasteiger partial charge in [-0.15, -0.1) is 0 Å². The van der Waals surface area contributed by atoms with E-state index in [1.165, 1.54) is 0 Å². The molecule has 2 aromatic carbocycles. The summed E-state index contributed by atoms with van der Waals surface area (Å²) >= 11 is 0. The molecule has 0 N–H and O–H groups in total. The second-order valence-electron chi connectivity index (χ2n) is 8.52. The van der Waals surface area contributed by atoms with Crippen molar-refractivity contribution in [2.45, 2.75) is 0 Å². The zero-order valence-electron chi connectivity index (χ0n) is 18.1. The van der Waals surface area contributed by atoms with E-state index in [1.807, 2.05) is 29.2 Å². The maximum Gasteiger partial charge on any atom is 0.255 e. The summed E-state index contributed by atoms with van der Waals surface area (Å²) in [6.45, 7) is 6.54. The number of carbonyl (C=O) groups is 1. The van der Waals surface area contributed by atoms with Crippen molar-refractivity contribution in [1.29, 1.82) is 0 Å². The van der Waals surface area contributed by atoms with Crippen LogP contribution in [0.1, 0.15) is 10.4 Å². The fourth-order valence-corrected chi connectivity index (χ4v) is 4.28. The Labute approximate surface area is 182 Å². The van der Waals surface area contributed by atoms with E-state index >= 15 is 0 Å². The van der Waals surface area contributed by atoms with Crippen LogP contribution >= 0.6 is 0 Å². The third-order valence-electron chi connectivity index (χ3n) is 6.10. The number of nitrogens with zero attached hydrogens (tertiary/aromatic N) is 4. The van der Waals surface area contributed by atoms with Crippen molar-refractivity contribution in [3.8, 4) is 11.5 Å². The van der Waals surface area contributed by atoms with Crippen LogP contribution in [0.5, 0.6) is 11.5 Å². The van der Waals surface area contributed by atoms with Crippen LogP contribution in [0.4, 0.5) is 0 Å². The zero-order chi connectivity index (χ0) is 21.4. The Morgan fingerprint density at radius 1 is 1.00 bits per heavy atom. The molecule has 0 aliphatic carbocycles. The molecular formula is C24H28N4O3. The van der Waals surface area contributed by atoms with Crippen molar-refractivity contribution in [2.24, 2.45) is 0 Å². The van der Waals surface area contributed by atoms with Gasteiger partial charge in [0.05, 0.1) is 11.1 Å². The van der Waals surface area contributed by atoms with E-state index in [0.29, 0.717) is 18.8 Å². The summed E-state index contributed by atoms with van der Waals surface area (Å²) in [6, 6.07) is 10.0. The van der Waals surface area contributed by atoms with Crippen molar-refractivity contribution >= 4 is 27.6 Å². The number of carbonyl (C=O) groups excluding carboxylic acids is 1. The van der Waals surface area contributed by atoms with Gasteiger partial charge >= 0.3 is 0 Å². The molecule has 1 fully saturated rings. The minimum absolute atomic E-state index is 0.0592. The Kier molecular flexibility index (Phi) is 5.38. The normalized spacial score (nSPS) is 16.9. The minimum Gasteiger partial charge on any atom is -0.486 e. The highest BCUT2D eigenvalue weighted by Gasteiger charge is 2.23. The Morgan fingerprint density at radius 3 is 2.45 bits per heavy atom. The van der Waals surface area contributed by atoms with E-state index in [4.69, 9.17) is 9.47 Å². The lowest BCUT2D eigenvalue weighted by Crippen LogP contribution is -2.50. The van der Waals surface area contributed by atoms with Gasteiger partial charge in [0.25, 0.3) is 5.91 Å². The van der Waals surface area contributed by atoms with E-state index in [-0.39, 0.29) is 5.91 Å². The molecule has 3 aromatic rings. The standard InChI is InChI=1S/C24H28N4O3/c1-26(2)5-6-27-7-9-28(10-8-27)24(29)19-13-18-4-3-17-14-21-22(31-12-11-30-21)15-20(17)23(18)25-16-19/h3-4,13-16H,5-12H2,1-2H3. The van der Waals surface area contributed by atoms with Crippen LogP contribution in [0.15, 0.2) is 36.5 Å². The van der Waals surface area contributed by atoms with Gasteiger partial charge in [-0.1, -0.05) is 12.1 Å². The van der Waals surface area contributed by atoms with Crippen LogP contribution in [0.25, 0.3) is 21.7 Å². The number of aromatic nitrogens is 1. The SMILES string of the molecule is CN(C)CCN1CCN(C(=O)c2cnc3c(ccc4cc5c(cc43)OCCO5)c2)CC1. The summed E-state index contributed by atoms with van der Waals surface area (Å²) < 4.78 is 11.4. The van der Waals surface area contributed by atoms with E-state index in [2.05, 4.69) is 34.9 Å². The highest BCUT2D eigenvalue weighted by atomic mass is 16.6. The number of pyridine rings is 1. The summed E-state index contributed by atoms with van der Waals surface area (Å²) in [6.07, 6.45) is 1.71. The highest BCUT2D eigenvalue weighted by Crippen LogP contribution is 2.37. The lowest BCUT2D eigenvalue weighted by molar-refractivity contribution is 0.0629. The second kappa shape index (κ2) is 8.32. The summed E-state index contributed by atoms with van der Waals surface area (Å²) in [5.41, 5.74) is 1.52. The monoisotopic (exact) mass is 420 g/mol. The number of fused-ring (bicyclic) bond motifs is 4. The van der Waals surface area contributed by atoms with E-state index in [9.17, 15) is 4.79 Å². The van der Waals surface area contributed by atoms with E-state index < -0.39 is 0 Å². The van der Waals surface area contributed by atoms with Gasteiger partial charge in [0, 0.05) is 56.2 Å². The first kappa shape index (κ1) is 20.0. The minimum atomic E-state index is 0.0592. The second-order valence-corrected chi connectivity index (χ2v) is 8.52. The summed E-state index contributed by atoms with van der Waals surface area (Å²) in [5.74, 6) is 1.58. The summed E-state index contributed by atoms with van der Waals surface area (Å²) in [5, 5.41) is 3.02. The van der Waals surface area contributed by atoms with Crippen molar-refractivity contribution in [2.75, 3.05) is 66.6 Å². The van der Waals surface area contributed by atoms with Gasteiger partial charge < -0.3 is 19.3 Å². The van der Waals surface area contributed by atoms with Crippen molar-refractivity contribution in [1.82, 2.24) is 19.7 Å². The molecule has 2 aliphatic heterocycles. The van der Waals surface area contributed by atoms with Crippen LogP contribution < -0.4 is 9.47 Å². The fourth-order valence-electron chi connectivity index (χ4n) is 4.28. The lowest BCUT2D eigenvalue weighted by Gasteiger charge is -2.35. The average Bonchev–Trinajstić information content (AvgIpc) is 2.81. The Morgan fingerprint density at radius 2 is 1.71 bits per heavy atom. The molecular weight excluding hydrogens is 392 g/mol. The predicted octanol–water partition coefficient (Wildman–Crippen LogP) is 2.48. The fraction of sp³-hybridized carbons (Fsp3) is 0.417. The van der Waals surface area contributed by atoms with Crippen molar-refractivity contribution < 1.29 is 14.3 Å². The molecule has 1 amide bonds. The van der Waals surface area contributed by atoms with Crippen LogP contribution in [-0.2, 0) is 0 Å². The molecule has 0 spiro atoms. The predicted molar refractivity (Wildman–Crippen MR) is 121 cm³/mol. The molecule has 1 saturated heterocycles. The molecule has 162 valence electrons. The van der Waals surface area contributed by atoms with Gasteiger partial charge in [-0.25, -0.2) is 0 Å². The van der Waals surface area contributed by atoms with Gasteiger partial charge in [-0.2, -0.15) is 0 Å². The molecule has 0 atom stereocenters. The summed E-state index contributed by atoms with van der Waals surface area (Å²) in [4.78, 5) is 24.3. The number of benzene rings is 2. The smallest absolute Gasteiger partial charge is 0.255 e. The Hall–Kier alpha value is -2.90. The number of amides is 1. The third-order valence-corrected chi connectivity index (χ3v) is 6.10. The van der Waals surface area contributed by atoms with E-state index in [1.54, 1.807) is 6.20 Å². The van der Waals surface area contributed by atoms with Crippen LogP contribution in [-0.4, -0.2) is 92.2 Å². The molecule has 0 unspecified atom stereocenters. The molecule has 3 heterocycles. The first-order chi connectivity index (χ1) is 15.1. The number of hydrogen-bond acceptors (Lipinski definition) is 6. The van der Waals surface area contributed by atoms with Crippen LogP contribution in [0, 0.1) is 0 Å². The molecule has 7 nitrogen and oxygen atoms in total. The van der Waals surface area contributed by atoms with Gasteiger partial charge in [0.1, 0.15) is 13.2 Å². The maximum absolute atomic E-state index is 13.1. The number of rotatable bonds is 4. The van der Waals surface area contributed by atoms with Gasteiger partial charge in [0.15, 0.2) is 11.5 Å². The van der Waals surface area contributed by atoms with E-state index in [0.717, 1.165) is 72.4 Å². The largest absolute Gasteiger partial charge is 0.486 e. The molecule has 31 heavy (non-hydrogen) atoms. The molecule has 1 aromatic heterocycles. The number of likely N-dealkylation sites (N-methyl/N-ethyl adjacent to an activating group) is 1. The molecule has 5 rings (SSSR count). The quantitative estimate of drug-likeness (QED) is 0.605. The number of piperazine rings is 1. The van der Waals surface area contributed by atoms with Gasteiger partial charge in [0.2, 0.25) is 0 Å². The molecule has 0 saturated carbocycles. The molecule has 0 radical (unpaired) electrons. The lowest BCUT2D eigenvalue weighted by atomic mass is 10.0. The average molecular weight is 421 g/mol. The topological polar surface area (TPSA) is 58.1 Å².